The molecule has 0 radical (unpaired) electrons. The first-order valence-electron chi connectivity index (χ1n) is 6.58. The van der Waals surface area contributed by atoms with Crippen LogP contribution in [0, 0.1) is 11.6 Å². The van der Waals surface area contributed by atoms with E-state index in [4.69, 9.17) is 8.83 Å². The number of furan rings is 1. The van der Waals surface area contributed by atoms with E-state index >= 15 is 0 Å². The fourth-order valence-corrected chi connectivity index (χ4v) is 2.61. The number of nitrogens with zero attached hydrogens (tertiary/aromatic N) is 2. The minimum absolute atomic E-state index is 0.0784. The normalized spacial score (nSPS) is 12.3. The van der Waals surface area contributed by atoms with Crippen LogP contribution in [-0.4, -0.2) is 21.2 Å². The highest BCUT2D eigenvalue weighted by molar-refractivity contribution is 8.00. The molecule has 1 aromatic carbocycles. The molecular weight excluding hydrogens is 326 g/mol. The van der Waals surface area contributed by atoms with Crippen molar-refractivity contribution in [2.45, 2.75) is 17.4 Å². The summed E-state index contributed by atoms with van der Waals surface area (Å²) in [7, 11) is 0. The molecule has 0 aliphatic rings. The third kappa shape index (κ3) is 3.31. The molecule has 5 nitrogen and oxygen atoms in total. The molecule has 2 aromatic heterocycles. The maximum Gasteiger partial charge on any atom is 0.284 e. The summed E-state index contributed by atoms with van der Waals surface area (Å²) < 4.78 is 36.6. The van der Waals surface area contributed by atoms with Gasteiger partial charge in [-0.1, -0.05) is 11.8 Å². The zero-order chi connectivity index (χ0) is 16.4. The Bertz CT molecular complexity index is 833. The number of rotatable bonds is 5. The Morgan fingerprint density at radius 2 is 2.04 bits per heavy atom. The van der Waals surface area contributed by atoms with Gasteiger partial charge in [0.25, 0.3) is 11.1 Å². The van der Waals surface area contributed by atoms with Gasteiger partial charge in [-0.25, -0.2) is 8.78 Å². The zero-order valence-corrected chi connectivity index (χ0v) is 12.6. The Morgan fingerprint density at radius 1 is 1.22 bits per heavy atom. The minimum atomic E-state index is -1.06. The lowest BCUT2D eigenvalue weighted by atomic mass is 10.1. The molecule has 0 saturated carbocycles. The lowest BCUT2D eigenvalue weighted by Crippen LogP contribution is -2.14. The number of Topliss-reactive ketones (excluding diaryl/α,β-unsaturated/α-hetero) is 1. The van der Waals surface area contributed by atoms with Crippen molar-refractivity contribution in [1.82, 2.24) is 10.2 Å². The molecule has 118 valence electrons. The van der Waals surface area contributed by atoms with Crippen molar-refractivity contribution in [3.8, 4) is 11.7 Å². The topological polar surface area (TPSA) is 69.1 Å². The van der Waals surface area contributed by atoms with Crippen molar-refractivity contribution in [2.24, 2.45) is 0 Å². The second kappa shape index (κ2) is 6.33. The molecule has 0 aliphatic heterocycles. The zero-order valence-electron chi connectivity index (χ0n) is 11.8. The van der Waals surface area contributed by atoms with Crippen LogP contribution in [0.5, 0.6) is 0 Å². The van der Waals surface area contributed by atoms with E-state index in [2.05, 4.69) is 10.2 Å². The second-order valence-corrected chi connectivity index (χ2v) is 5.90. The van der Waals surface area contributed by atoms with Crippen LogP contribution >= 0.6 is 11.8 Å². The number of aromatic nitrogens is 2. The van der Waals surface area contributed by atoms with Crippen LogP contribution in [0.1, 0.15) is 17.3 Å². The molecule has 0 saturated heterocycles. The minimum Gasteiger partial charge on any atom is -0.459 e. The van der Waals surface area contributed by atoms with Crippen molar-refractivity contribution in [1.29, 1.82) is 0 Å². The Morgan fingerprint density at radius 3 is 2.74 bits per heavy atom. The van der Waals surface area contributed by atoms with Crippen LogP contribution in [0.4, 0.5) is 8.78 Å². The Kier molecular flexibility index (Phi) is 4.24. The van der Waals surface area contributed by atoms with Crippen molar-refractivity contribution >= 4 is 17.5 Å². The van der Waals surface area contributed by atoms with Gasteiger partial charge in [-0.15, -0.1) is 10.2 Å². The molecule has 0 bridgehead atoms. The fraction of sp³-hybridized carbons (Fsp3) is 0.133. The first kappa shape index (κ1) is 15.4. The molecule has 23 heavy (non-hydrogen) atoms. The Labute approximate surface area is 133 Å². The predicted octanol–water partition coefficient (Wildman–Crippen LogP) is 3.97. The quantitative estimate of drug-likeness (QED) is 0.519. The first-order valence-corrected chi connectivity index (χ1v) is 7.46. The average Bonchev–Trinajstić information content (AvgIpc) is 3.20. The van der Waals surface area contributed by atoms with Gasteiger partial charge in [-0.3, -0.25) is 4.79 Å². The van der Waals surface area contributed by atoms with Gasteiger partial charge in [0.2, 0.25) is 0 Å². The van der Waals surface area contributed by atoms with E-state index in [0.717, 1.165) is 23.9 Å². The summed E-state index contributed by atoms with van der Waals surface area (Å²) in [6.07, 6.45) is 1.47. The highest BCUT2D eigenvalue weighted by atomic mass is 32.2. The summed E-state index contributed by atoms with van der Waals surface area (Å²) in [5.74, 6) is -1.81. The van der Waals surface area contributed by atoms with Gasteiger partial charge in [0.05, 0.1) is 11.5 Å². The molecule has 0 fully saturated rings. The molecule has 1 unspecified atom stereocenters. The SMILES string of the molecule is CC(Sc1nnc(-c2ccco2)o1)C(=O)c1ccc(F)c(F)c1. The lowest BCUT2D eigenvalue weighted by molar-refractivity contribution is 0.0993. The van der Waals surface area contributed by atoms with Crippen LogP contribution in [0.3, 0.4) is 0 Å². The number of thioether (sulfide) groups is 1. The number of carbonyl (C=O) groups excluding carboxylic acids is 1. The predicted molar refractivity (Wildman–Crippen MR) is 78.0 cm³/mol. The van der Waals surface area contributed by atoms with E-state index in [1.165, 1.54) is 12.3 Å². The molecule has 8 heteroatoms. The summed E-state index contributed by atoms with van der Waals surface area (Å²) in [5, 5.41) is 7.21. The van der Waals surface area contributed by atoms with E-state index in [9.17, 15) is 13.6 Å². The maximum absolute atomic E-state index is 13.2. The smallest absolute Gasteiger partial charge is 0.284 e. The number of halogens is 2. The third-order valence-corrected chi connectivity index (χ3v) is 3.92. The van der Waals surface area contributed by atoms with E-state index < -0.39 is 16.9 Å². The number of carbonyl (C=O) groups is 1. The first-order chi connectivity index (χ1) is 11.0. The van der Waals surface area contributed by atoms with Gasteiger partial charge in [0.15, 0.2) is 23.2 Å². The van der Waals surface area contributed by atoms with Gasteiger partial charge in [0.1, 0.15) is 0 Å². The number of benzene rings is 1. The number of hydrogen-bond acceptors (Lipinski definition) is 6. The average molecular weight is 336 g/mol. The van der Waals surface area contributed by atoms with Crippen LogP contribution < -0.4 is 0 Å². The summed E-state index contributed by atoms with van der Waals surface area (Å²) >= 11 is 1.03. The third-order valence-electron chi connectivity index (χ3n) is 2.99. The van der Waals surface area contributed by atoms with E-state index in [1.807, 2.05) is 0 Å². The molecule has 0 aliphatic carbocycles. The lowest BCUT2D eigenvalue weighted by Gasteiger charge is -2.07. The van der Waals surface area contributed by atoms with Gasteiger partial charge >= 0.3 is 0 Å². The highest BCUT2D eigenvalue weighted by Gasteiger charge is 2.21. The van der Waals surface area contributed by atoms with Gasteiger partial charge in [-0.2, -0.15) is 0 Å². The molecule has 0 amide bonds. The van der Waals surface area contributed by atoms with Crippen LogP contribution in [-0.2, 0) is 0 Å². The monoisotopic (exact) mass is 336 g/mol. The van der Waals surface area contributed by atoms with Gasteiger partial charge in [0, 0.05) is 5.56 Å². The number of hydrogen-bond donors (Lipinski definition) is 0. The Hall–Kier alpha value is -2.48. The van der Waals surface area contributed by atoms with Gasteiger partial charge in [-0.05, 0) is 37.3 Å². The molecule has 0 spiro atoms. The maximum atomic E-state index is 13.2. The van der Waals surface area contributed by atoms with E-state index in [0.29, 0.717) is 5.76 Å². The molecule has 0 N–H and O–H groups in total. The molecule has 1 atom stereocenters. The summed E-state index contributed by atoms with van der Waals surface area (Å²) in [6, 6.07) is 6.37. The standard InChI is InChI=1S/C15H10F2N2O3S/c1-8(13(20)9-4-5-10(16)11(17)7-9)23-15-19-18-14(22-15)12-3-2-6-21-12/h2-8H,1H3. The van der Waals surface area contributed by atoms with Crippen molar-refractivity contribution in [3.63, 3.8) is 0 Å². The van der Waals surface area contributed by atoms with E-state index in [1.54, 1.807) is 19.1 Å². The van der Waals surface area contributed by atoms with Crippen LogP contribution in [0.25, 0.3) is 11.7 Å². The molecule has 3 rings (SSSR count). The van der Waals surface area contributed by atoms with Gasteiger partial charge < -0.3 is 8.83 Å². The van der Waals surface area contributed by atoms with Crippen LogP contribution in [0.15, 0.2) is 50.7 Å². The van der Waals surface area contributed by atoms with Crippen molar-refractivity contribution in [3.05, 3.63) is 53.8 Å². The largest absolute Gasteiger partial charge is 0.459 e. The molecular formula is C15H10F2N2O3S. The summed E-state index contributed by atoms with van der Waals surface area (Å²) in [5.41, 5.74) is 0.0784. The highest BCUT2D eigenvalue weighted by Crippen LogP contribution is 2.28. The Balaban J connectivity index is 1.72. The van der Waals surface area contributed by atoms with Crippen molar-refractivity contribution in [2.75, 3.05) is 0 Å². The number of ketones is 1. The van der Waals surface area contributed by atoms with E-state index in [-0.39, 0.29) is 22.5 Å². The fourth-order valence-electron chi connectivity index (χ4n) is 1.85. The molecule has 2 heterocycles. The second-order valence-electron chi connectivity index (χ2n) is 4.60. The van der Waals surface area contributed by atoms with Crippen molar-refractivity contribution < 1.29 is 22.4 Å². The van der Waals surface area contributed by atoms with Crippen LogP contribution in [0.2, 0.25) is 0 Å². The summed E-state index contributed by atoms with van der Waals surface area (Å²) in [6.45, 7) is 1.62. The molecule has 3 aromatic rings. The summed E-state index contributed by atoms with van der Waals surface area (Å²) in [4.78, 5) is 12.2.